The minimum atomic E-state index is -3.86. The number of nitrogens with zero attached hydrogens (tertiary/aromatic N) is 1. The van der Waals surface area contributed by atoms with Gasteiger partial charge in [-0.05, 0) is 42.5 Å². The fourth-order valence-corrected chi connectivity index (χ4v) is 4.89. The van der Waals surface area contributed by atoms with Crippen molar-refractivity contribution in [2.24, 2.45) is 0 Å². The third kappa shape index (κ3) is 5.65. The molecule has 1 aromatic heterocycles. The molecule has 33 heavy (non-hydrogen) atoms. The smallest absolute Gasteiger partial charge is 0.262 e. The molecule has 3 aromatic carbocycles. The molecule has 4 aromatic rings. The molecule has 4 rings (SSSR count). The average molecular weight is 484 g/mol. The third-order valence-electron chi connectivity index (χ3n) is 4.61. The van der Waals surface area contributed by atoms with Crippen molar-refractivity contribution in [3.05, 3.63) is 72.8 Å². The number of oxazole rings is 1. The van der Waals surface area contributed by atoms with E-state index >= 15 is 0 Å². The molecule has 8 nitrogen and oxygen atoms in total. The first kappa shape index (κ1) is 22.7. The van der Waals surface area contributed by atoms with Crippen LogP contribution in [0.2, 0.25) is 0 Å². The maximum Gasteiger partial charge on any atom is 0.262 e. The summed E-state index contributed by atoms with van der Waals surface area (Å²) in [7, 11) is -2.39. The number of para-hydroxylation sites is 3. The Morgan fingerprint density at radius 2 is 1.82 bits per heavy atom. The largest absolute Gasteiger partial charge is 0.495 e. The molecule has 0 spiro atoms. The van der Waals surface area contributed by atoms with Gasteiger partial charge in [0, 0.05) is 17.9 Å². The lowest BCUT2D eigenvalue weighted by Crippen LogP contribution is -2.13. The van der Waals surface area contributed by atoms with E-state index in [0.717, 1.165) is 5.69 Å². The highest BCUT2D eigenvalue weighted by Crippen LogP contribution is 2.29. The van der Waals surface area contributed by atoms with Gasteiger partial charge in [0.15, 0.2) is 5.58 Å². The predicted molar refractivity (Wildman–Crippen MR) is 128 cm³/mol. The van der Waals surface area contributed by atoms with Crippen molar-refractivity contribution in [3.8, 4) is 5.75 Å². The average Bonchev–Trinajstić information content (AvgIpc) is 3.22. The summed E-state index contributed by atoms with van der Waals surface area (Å²) in [6, 6.07) is 20.4. The Bertz CT molecular complexity index is 1370. The minimum Gasteiger partial charge on any atom is -0.495 e. The van der Waals surface area contributed by atoms with E-state index in [9.17, 15) is 13.2 Å². The maximum absolute atomic E-state index is 12.8. The number of carbonyl (C=O) groups is 1. The normalized spacial score (nSPS) is 11.3. The van der Waals surface area contributed by atoms with Crippen LogP contribution in [-0.2, 0) is 14.8 Å². The van der Waals surface area contributed by atoms with Crippen molar-refractivity contribution in [2.45, 2.75) is 16.5 Å². The molecule has 0 fully saturated rings. The molecule has 0 saturated heterocycles. The van der Waals surface area contributed by atoms with E-state index in [1.807, 2.05) is 30.3 Å². The predicted octanol–water partition coefficient (Wildman–Crippen LogP) is 4.76. The lowest BCUT2D eigenvalue weighted by molar-refractivity contribution is -0.115. The Hall–Kier alpha value is -3.50. The number of amides is 1. The van der Waals surface area contributed by atoms with E-state index in [0.29, 0.717) is 33.5 Å². The zero-order chi connectivity index (χ0) is 23.3. The number of ether oxygens (including phenoxy) is 1. The number of thioether (sulfide) groups is 1. The summed E-state index contributed by atoms with van der Waals surface area (Å²) in [4.78, 5) is 16.5. The van der Waals surface area contributed by atoms with Crippen LogP contribution in [0, 0.1) is 0 Å². The first-order valence-corrected chi connectivity index (χ1v) is 12.5. The highest BCUT2D eigenvalue weighted by molar-refractivity contribution is 7.99. The van der Waals surface area contributed by atoms with Crippen LogP contribution < -0.4 is 14.8 Å². The molecule has 1 amide bonds. The second-order valence-electron chi connectivity index (χ2n) is 6.93. The van der Waals surface area contributed by atoms with Gasteiger partial charge in [0.05, 0.1) is 17.7 Å². The molecule has 10 heteroatoms. The highest BCUT2D eigenvalue weighted by Gasteiger charge is 2.18. The van der Waals surface area contributed by atoms with Crippen molar-refractivity contribution in [3.63, 3.8) is 0 Å². The molecular formula is C23H21N3O5S2. The quantitative estimate of drug-likeness (QED) is 0.330. The maximum atomic E-state index is 12.8. The van der Waals surface area contributed by atoms with Crippen LogP contribution in [0.15, 0.2) is 87.3 Å². The van der Waals surface area contributed by atoms with Gasteiger partial charge in [-0.25, -0.2) is 13.4 Å². The van der Waals surface area contributed by atoms with Crippen LogP contribution in [0.25, 0.3) is 11.1 Å². The number of hydrogen-bond donors (Lipinski definition) is 2. The van der Waals surface area contributed by atoms with Gasteiger partial charge >= 0.3 is 0 Å². The van der Waals surface area contributed by atoms with Crippen LogP contribution >= 0.6 is 11.8 Å². The number of benzene rings is 3. The van der Waals surface area contributed by atoms with Crippen LogP contribution in [0.1, 0.15) is 6.42 Å². The zero-order valence-corrected chi connectivity index (χ0v) is 19.3. The van der Waals surface area contributed by atoms with Gasteiger partial charge in [-0.3, -0.25) is 9.52 Å². The molecule has 0 bridgehead atoms. The van der Waals surface area contributed by atoms with Crippen molar-refractivity contribution < 1.29 is 22.4 Å². The Morgan fingerprint density at radius 1 is 1.06 bits per heavy atom. The molecule has 0 radical (unpaired) electrons. The highest BCUT2D eigenvalue weighted by atomic mass is 32.2. The van der Waals surface area contributed by atoms with Gasteiger partial charge in [0.1, 0.15) is 11.3 Å². The molecule has 0 atom stereocenters. The van der Waals surface area contributed by atoms with Gasteiger partial charge in [0.2, 0.25) is 5.91 Å². The molecule has 2 N–H and O–H groups in total. The monoisotopic (exact) mass is 483 g/mol. The summed E-state index contributed by atoms with van der Waals surface area (Å²) in [5.74, 6) is 0.769. The Labute approximate surface area is 195 Å². The fraction of sp³-hybridized carbons (Fsp3) is 0.130. The summed E-state index contributed by atoms with van der Waals surface area (Å²) in [5.41, 5.74) is 1.95. The summed E-state index contributed by atoms with van der Waals surface area (Å²) in [5, 5.41) is 3.19. The number of sulfonamides is 1. The third-order valence-corrected chi connectivity index (χ3v) is 6.81. The van der Waals surface area contributed by atoms with Crippen molar-refractivity contribution in [2.75, 3.05) is 22.9 Å². The van der Waals surface area contributed by atoms with Crippen molar-refractivity contribution >= 4 is 50.2 Å². The first-order chi connectivity index (χ1) is 15.9. The summed E-state index contributed by atoms with van der Waals surface area (Å²) in [6.07, 6.45) is 0.279. The molecule has 0 aliphatic heterocycles. The molecule has 170 valence electrons. The molecule has 0 aliphatic rings. The van der Waals surface area contributed by atoms with Crippen molar-refractivity contribution in [1.82, 2.24) is 4.98 Å². The summed E-state index contributed by atoms with van der Waals surface area (Å²) < 4.78 is 39.1. The number of carbonyl (C=O) groups excluding carboxylic acids is 1. The second kappa shape index (κ2) is 9.97. The number of anilines is 2. The number of rotatable bonds is 9. The standard InChI is InChI=1S/C23H21N3O5S2/c1-30-20-10-6-5-9-18(20)26-33(28,29)17-11-12-21-19(15-17)25-23(31-21)32-14-13-22(27)24-16-7-3-2-4-8-16/h2-12,15,26H,13-14H2,1H3,(H,24,27). The van der Waals surface area contributed by atoms with E-state index in [1.165, 1.54) is 31.0 Å². The molecule has 0 aliphatic carbocycles. The van der Waals surface area contributed by atoms with Crippen LogP contribution in [0.4, 0.5) is 11.4 Å². The van der Waals surface area contributed by atoms with Crippen LogP contribution in [-0.4, -0.2) is 32.2 Å². The van der Waals surface area contributed by atoms with Gasteiger partial charge in [0.25, 0.3) is 15.2 Å². The Kier molecular flexibility index (Phi) is 6.85. The minimum absolute atomic E-state index is 0.0491. The first-order valence-electron chi connectivity index (χ1n) is 9.99. The molecular weight excluding hydrogens is 462 g/mol. The van der Waals surface area contributed by atoms with E-state index in [4.69, 9.17) is 9.15 Å². The molecule has 1 heterocycles. The van der Waals surface area contributed by atoms with Gasteiger partial charge in [-0.1, -0.05) is 42.1 Å². The van der Waals surface area contributed by atoms with Crippen LogP contribution in [0.5, 0.6) is 5.75 Å². The zero-order valence-electron chi connectivity index (χ0n) is 17.6. The van der Waals surface area contributed by atoms with Gasteiger partial charge in [-0.15, -0.1) is 0 Å². The summed E-state index contributed by atoms with van der Waals surface area (Å²) >= 11 is 1.29. The van der Waals surface area contributed by atoms with Crippen LogP contribution in [0.3, 0.4) is 0 Å². The number of methoxy groups -OCH3 is 1. The fourth-order valence-electron chi connectivity index (χ4n) is 3.02. The lowest BCUT2D eigenvalue weighted by Gasteiger charge is -2.11. The second-order valence-corrected chi connectivity index (χ2v) is 9.66. The Balaban J connectivity index is 1.41. The number of fused-ring (bicyclic) bond motifs is 1. The number of nitrogens with one attached hydrogen (secondary N) is 2. The van der Waals surface area contributed by atoms with E-state index < -0.39 is 10.0 Å². The number of hydrogen-bond acceptors (Lipinski definition) is 7. The van der Waals surface area contributed by atoms with Gasteiger partial charge < -0.3 is 14.5 Å². The number of aromatic nitrogens is 1. The topological polar surface area (TPSA) is 111 Å². The van der Waals surface area contributed by atoms with Crippen molar-refractivity contribution in [1.29, 1.82) is 0 Å². The van der Waals surface area contributed by atoms with Gasteiger partial charge in [-0.2, -0.15) is 0 Å². The Morgan fingerprint density at radius 3 is 2.61 bits per heavy atom. The lowest BCUT2D eigenvalue weighted by atomic mass is 10.3. The van der Waals surface area contributed by atoms with E-state index in [-0.39, 0.29) is 17.2 Å². The van der Waals surface area contributed by atoms with E-state index in [1.54, 1.807) is 30.3 Å². The SMILES string of the molecule is COc1ccccc1NS(=O)(=O)c1ccc2oc(SCCC(=O)Nc3ccccc3)nc2c1. The van der Waals surface area contributed by atoms with E-state index in [2.05, 4.69) is 15.0 Å². The molecule has 0 unspecified atom stereocenters. The summed E-state index contributed by atoms with van der Waals surface area (Å²) in [6.45, 7) is 0. The molecule has 0 saturated carbocycles.